The van der Waals surface area contributed by atoms with Gasteiger partial charge in [0.2, 0.25) is 0 Å². The van der Waals surface area contributed by atoms with Crippen LogP contribution in [-0.2, 0) is 4.74 Å². The van der Waals surface area contributed by atoms with Crippen molar-refractivity contribution in [1.82, 2.24) is 9.78 Å². The first-order valence-electron chi connectivity index (χ1n) is 4.64. The molecule has 1 fully saturated rings. The molecular formula is C9H15N3O. The Balaban J connectivity index is 2.19. The monoisotopic (exact) mass is 181 g/mol. The summed E-state index contributed by atoms with van der Waals surface area (Å²) in [4.78, 5) is 0. The van der Waals surface area contributed by atoms with Crippen molar-refractivity contribution in [1.29, 1.82) is 0 Å². The number of ether oxygens (including phenoxy) is 1. The number of aromatic nitrogens is 2. The number of nitrogens with zero attached hydrogens (tertiary/aromatic N) is 2. The lowest BCUT2D eigenvalue weighted by molar-refractivity contribution is -0.0301. The summed E-state index contributed by atoms with van der Waals surface area (Å²) in [6, 6.07) is 2.47. The Morgan fingerprint density at radius 2 is 2.54 bits per heavy atom. The smallest absolute Gasteiger partial charge is 0.0988 e. The van der Waals surface area contributed by atoms with Crippen LogP contribution < -0.4 is 5.73 Å². The van der Waals surface area contributed by atoms with Crippen molar-refractivity contribution >= 4 is 0 Å². The largest absolute Gasteiger partial charge is 0.377 e. The van der Waals surface area contributed by atoms with Crippen LogP contribution in [0.5, 0.6) is 0 Å². The van der Waals surface area contributed by atoms with Crippen LogP contribution in [0.4, 0.5) is 0 Å². The van der Waals surface area contributed by atoms with Crippen molar-refractivity contribution in [3.63, 3.8) is 0 Å². The van der Waals surface area contributed by atoms with Crippen LogP contribution in [0.1, 0.15) is 24.6 Å². The minimum atomic E-state index is 0.378. The van der Waals surface area contributed by atoms with E-state index in [1.54, 1.807) is 0 Å². The van der Waals surface area contributed by atoms with Crippen molar-refractivity contribution in [2.45, 2.75) is 18.9 Å². The van der Waals surface area contributed by atoms with Gasteiger partial charge in [-0.2, -0.15) is 5.10 Å². The van der Waals surface area contributed by atoms with Crippen LogP contribution in [-0.4, -0.2) is 29.5 Å². The van der Waals surface area contributed by atoms with Crippen molar-refractivity contribution in [2.24, 2.45) is 5.73 Å². The summed E-state index contributed by atoms with van der Waals surface area (Å²) in [5.74, 6) is 0.378. The number of hydrogen-bond acceptors (Lipinski definition) is 3. The third kappa shape index (κ3) is 1.47. The van der Waals surface area contributed by atoms with E-state index in [0.29, 0.717) is 18.5 Å². The maximum Gasteiger partial charge on any atom is 0.0988 e. The zero-order valence-electron chi connectivity index (χ0n) is 7.81. The first-order chi connectivity index (χ1) is 6.33. The molecule has 1 atom stereocenters. The van der Waals surface area contributed by atoms with Gasteiger partial charge < -0.3 is 10.5 Å². The van der Waals surface area contributed by atoms with Gasteiger partial charge in [0.05, 0.1) is 19.3 Å². The summed E-state index contributed by atoms with van der Waals surface area (Å²) in [5.41, 5.74) is 6.84. The minimum Gasteiger partial charge on any atom is -0.377 e. The van der Waals surface area contributed by atoms with Gasteiger partial charge in [0.1, 0.15) is 0 Å². The molecule has 1 aliphatic rings. The van der Waals surface area contributed by atoms with Crippen LogP contribution in [0.2, 0.25) is 0 Å². The van der Waals surface area contributed by atoms with Crippen molar-refractivity contribution < 1.29 is 4.74 Å². The maximum atomic E-state index is 5.62. The van der Waals surface area contributed by atoms with Crippen LogP contribution in [0.3, 0.4) is 0 Å². The minimum absolute atomic E-state index is 0.378. The quantitative estimate of drug-likeness (QED) is 0.739. The number of nitrogens with two attached hydrogens (primary N) is 1. The Kier molecular flexibility index (Phi) is 2.33. The molecule has 1 saturated heterocycles. The van der Waals surface area contributed by atoms with Gasteiger partial charge in [0.25, 0.3) is 0 Å². The lowest BCUT2D eigenvalue weighted by Gasteiger charge is -2.28. The lowest BCUT2D eigenvalue weighted by atomic mass is 10.1. The van der Waals surface area contributed by atoms with Crippen molar-refractivity contribution in [3.8, 4) is 0 Å². The molecule has 1 aromatic heterocycles. The van der Waals surface area contributed by atoms with Crippen LogP contribution in [0, 0.1) is 0 Å². The Labute approximate surface area is 77.7 Å². The van der Waals surface area contributed by atoms with E-state index in [4.69, 9.17) is 10.5 Å². The second-order valence-corrected chi connectivity index (χ2v) is 3.53. The standard InChI is InChI=1S/C9H15N3O/c1-7(4-10)9-2-3-11-12(9)8-5-13-6-8/h2-3,7-8H,4-6,10H2,1H3. The first kappa shape index (κ1) is 8.72. The summed E-state index contributed by atoms with van der Waals surface area (Å²) >= 11 is 0. The maximum absolute atomic E-state index is 5.62. The molecule has 4 nitrogen and oxygen atoms in total. The molecule has 2 N–H and O–H groups in total. The highest BCUT2D eigenvalue weighted by atomic mass is 16.5. The van der Waals surface area contributed by atoms with E-state index in [9.17, 15) is 0 Å². The molecule has 2 rings (SSSR count). The third-order valence-electron chi connectivity index (χ3n) is 2.53. The summed E-state index contributed by atoms with van der Waals surface area (Å²) in [5, 5.41) is 4.29. The average molecular weight is 181 g/mol. The van der Waals surface area contributed by atoms with E-state index >= 15 is 0 Å². The fraction of sp³-hybridized carbons (Fsp3) is 0.667. The molecule has 0 aliphatic carbocycles. The van der Waals surface area contributed by atoms with Crippen LogP contribution >= 0.6 is 0 Å². The molecule has 0 amide bonds. The summed E-state index contributed by atoms with van der Waals surface area (Å²) in [7, 11) is 0. The molecule has 0 aromatic carbocycles. The molecule has 0 spiro atoms. The second kappa shape index (κ2) is 3.47. The fourth-order valence-corrected chi connectivity index (χ4v) is 1.50. The number of hydrogen-bond donors (Lipinski definition) is 1. The van der Waals surface area contributed by atoms with Gasteiger partial charge in [-0.25, -0.2) is 0 Å². The van der Waals surface area contributed by atoms with Gasteiger partial charge in [-0.05, 0) is 6.07 Å². The summed E-state index contributed by atoms with van der Waals surface area (Å²) in [6.07, 6.45) is 1.83. The molecule has 1 aliphatic heterocycles. The molecule has 13 heavy (non-hydrogen) atoms. The molecule has 1 unspecified atom stereocenters. The van der Waals surface area contributed by atoms with Crippen LogP contribution in [0.25, 0.3) is 0 Å². The Hall–Kier alpha value is -0.870. The highest BCUT2D eigenvalue weighted by molar-refractivity contribution is 5.09. The predicted octanol–water partition coefficient (Wildman–Crippen LogP) is 0.517. The third-order valence-corrected chi connectivity index (χ3v) is 2.53. The van der Waals surface area contributed by atoms with Crippen molar-refractivity contribution in [2.75, 3.05) is 19.8 Å². The zero-order valence-corrected chi connectivity index (χ0v) is 7.81. The van der Waals surface area contributed by atoms with Gasteiger partial charge >= 0.3 is 0 Å². The van der Waals surface area contributed by atoms with Gasteiger partial charge in [0.15, 0.2) is 0 Å². The summed E-state index contributed by atoms with van der Waals surface area (Å²) in [6.45, 7) is 4.35. The Morgan fingerprint density at radius 3 is 3.08 bits per heavy atom. The van der Waals surface area contributed by atoms with E-state index in [2.05, 4.69) is 12.0 Å². The van der Waals surface area contributed by atoms with Crippen LogP contribution in [0.15, 0.2) is 12.3 Å². The lowest BCUT2D eigenvalue weighted by Crippen LogP contribution is -2.33. The van der Waals surface area contributed by atoms with E-state index in [0.717, 1.165) is 13.2 Å². The zero-order chi connectivity index (χ0) is 9.26. The Morgan fingerprint density at radius 1 is 1.77 bits per heavy atom. The molecule has 1 aromatic rings. The average Bonchev–Trinajstić information content (AvgIpc) is 2.49. The van der Waals surface area contributed by atoms with Gasteiger partial charge in [-0.1, -0.05) is 6.92 Å². The molecular weight excluding hydrogens is 166 g/mol. The van der Waals surface area contributed by atoms with Crippen molar-refractivity contribution in [3.05, 3.63) is 18.0 Å². The highest BCUT2D eigenvalue weighted by Gasteiger charge is 2.24. The van der Waals surface area contributed by atoms with Gasteiger partial charge in [-0.3, -0.25) is 4.68 Å². The normalized spacial score (nSPS) is 19.8. The van der Waals surface area contributed by atoms with Gasteiger partial charge in [0, 0.05) is 24.4 Å². The fourth-order valence-electron chi connectivity index (χ4n) is 1.50. The molecule has 0 radical (unpaired) electrons. The van der Waals surface area contributed by atoms with E-state index in [1.165, 1.54) is 5.69 Å². The predicted molar refractivity (Wildman–Crippen MR) is 49.6 cm³/mol. The highest BCUT2D eigenvalue weighted by Crippen LogP contribution is 2.22. The molecule has 4 heteroatoms. The molecule has 72 valence electrons. The molecule has 2 heterocycles. The topological polar surface area (TPSA) is 53.1 Å². The molecule has 0 bridgehead atoms. The van der Waals surface area contributed by atoms with E-state index in [-0.39, 0.29) is 0 Å². The SMILES string of the molecule is CC(CN)c1ccnn1C1COC1. The van der Waals surface area contributed by atoms with E-state index in [1.807, 2.05) is 16.9 Å². The molecule has 0 saturated carbocycles. The van der Waals surface area contributed by atoms with Gasteiger partial charge in [-0.15, -0.1) is 0 Å². The van der Waals surface area contributed by atoms with E-state index < -0.39 is 0 Å². The first-order valence-corrected chi connectivity index (χ1v) is 4.64. The second-order valence-electron chi connectivity index (χ2n) is 3.53. The Bertz CT molecular complexity index is 261. The summed E-state index contributed by atoms with van der Waals surface area (Å²) < 4.78 is 7.18. The number of rotatable bonds is 3.